The zero-order chi connectivity index (χ0) is 17.9. The van der Waals surface area contributed by atoms with Crippen LogP contribution in [0.2, 0.25) is 0 Å². The van der Waals surface area contributed by atoms with E-state index in [4.69, 9.17) is 14.8 Å². The summed E-state index contributed by atoms with van der Waals surface area (Å²) in [7, 11) is 1.64. The van der Waals surface area contributed by atoms with Crippen LogP contribution < -0.4 is 9.64 Å². The second-order valence-corrected chi connectivity index (χ2v) is 6.87. The summed E-state index contributed by atoms with van der Waals surface area (Å²) in [5.74, 6) is 2.33. The average Bonchev–Trinajstić information content (AvgIpc) is 3.25. The summed E-state index contributed by atoms with van der Waals surface area (Å²) >= 11 is 0. The van der Waals surface area contributed by atoms with Crippen molar-refractivity contribution in [2.24, 2.45) is 0 Å². The molecule has 1 fully saturated rings. The molecule has 2 aliphatic rings. The van der Waals surface area contributed by atoms with Crippen LogP contribution in [0.1, 0.15) is 19.8 Å². The van der Waals surface area contributed by atoms with E-state index in [9.17, 15) is 4.79 Å². The minimum absolute atomic E-state index is 0.129. The van der Waals surface area contributed by atoms with E-state index in [-0.39, 0.29) is 5.91 Å². The van der Waals surface area contributed by atoms with Crippen LogP contribution >= 0.6 is 0 Å². The molecule has 3 aromatic rings. The lowest BCUT2D eigenvalue weighted by Gasteiger charge is -2.40. The standard InChI is InChI=1S/C20H18N4O2/c1-20-11-10-17(25)23(20)16-9-4-3-8-15(16)19-21-18(22-24(19)20)13-6-5-7-14(12-13)26-2/h3-9,12H,10-11H2,1-2H3/t20-/m0/s1. The third-order valence-electron chi connectivity index (χ3n) is 5.32. The highest BCUT2D eigenvalue weighted by atomic mass is 16.5. The predicted octanol–water partition coefficient (Wildman–Crippen LogP) is 3.43. The largest absolute Gasteiger partial charge is 0.497 e. The highest BCUT2D eigenvalue weighted by Crippen LogP contribution is 2.48. The summed E-state index contributed by atoms with van der Waals surface area (Å²) in [6, 6.07) is 15.6. The maximum atomic E-state index is 12.6. The molecule has 6 nitrogen and oxygen atoms in total. The van der Waals surface area contributed by atoms with Gasteiger partial charge in [0.2, 0.25) is 5.91 Å². The molecule has 0 saturated carbocycles. The van der Waals surface area contributed by atoms with Crippen molar-refractivity contribution in [3.63, 3.8) is 0 Å². The molecule has 0 N–H and O–H groups in total. The molecule has 130 valence electrons. The van der Waals surface area contributed by atoms with E-state index in [0.29, 0.717) is 18.7 Å². The number of rotatable bonds is 2. The first-order valence-electron chi connectivity index (χ1n) is 8.66. The number of methoxy groups -OCH3 is 1. The molecule has 26 heavy (non-hydrogen) atoms. The number of para-hydroxylation sites is 1. The van der Waals surface area contributed by atoms with Crippen molar-refractivity contribution < 1.29 is 9.53 Å². The van der Waals surface area contributed by atoms with Gasteiger partial charge in [-0.15, -0.1) is 5.10 Å². The lowest BCUT2D eigenvalue weighted by Crippen LogP contribution is -2.49. The van der Waals surface area contributed by atoms with E-state index < -0.39 is 5.66 Å². The van der Waals surface area contributed by atoms with Crippen LogP contribution in [0.25, 0.3) is 22.8 Å². The summed E-state index contributed by atoms with van der Waals surface area (Å²) in [4.78, 5) is 19.3. The molecule has 0 radical (unpaired) electrons. The van der Waals surface area contributed by atoms with E-state index >= 15 is 0 Å². The summed E-state index contributed by atoms with van der Waals surface area (Å²) in [6.07, 6.45) is 1.23. The molecular weight excluding hydrogens is 328 g/mol. The van der Waals surface area contributed by atoms with Crippen LogP contribution in [0.4, 0.5) is 5.69 Å². The Balaban J connectivity index is 1.75. The van der Waals surface area contributed by atoms with Gasteiger partial charge >= 0.3 is 0 Å². The first kappa shape index (κ1) is 15.1. The lowest BCUT2D eigenvalue weighted by molar-refractivity contribution is -0.117. The van der Waals surface area contributed by atoms with E-state index in [1.165, 1.54) is 0 Å². The van der Waals surface area contributed by atoms with Crippen molar-refractivity contribution in [1.29, 1.82) is 0 Å². The molecule has 6 heteroatoms. The Morgan fingerprint density at radius 1 is 1.15 bits per heavy atom. The van der Waals surface area contributed by atoms with Gasteiger partial charge in [0.05, 0.1) is 12.8 Å². The van der Waals surface area contributed by atoms with Crippen LogP contribution in [0.5, 0.6) is 5.75 Å². The van der Waals surface area contributed by atoms with E-state index in [2.05, 4.69) is 6.92 Å². The van der Waals surface area contributed by atoms with Crippen LogP contribution in [-0.2, 0) is 10.5 Å². The van der Waals surface area contributed by atoms with Crippen LogP contribution in [0, 0.1) is 0 Å². The van der Waals surface area contributed by atoms with Gasteiger partial charge < -0.3 is 4.74 Å². The molecule has 0 spiro atoms. The fourth-order valence-electron chi connectivity index (χ4n) is 3.99. The number of carbonyl (C=O) groups is 1. The number of hydrogen-bond acceptors (Lipinski definition) is 4. The quantitative estimate of drug-likeness (QED) is 0.713. The molecule has 1 amide bonds. The van der Waals surface area contributed by atoms with Gasteiger partial charge in [0.1, 0.15) is 11.4 Å². The Morgan fingerprint density at radius 3 is 2.85 bits per heavy atom. The monoisotopic (exact) mass is 346 g/mol. The average molecular weight is 346 g/mol. The summed E-state index contributed by atoms with van der Waals surface area (Å²) in [5, 5.41) is 4.80. The highest BCUT2D eigenvalue weighted by Gasteiger charge is 2.50. The zero-order valence-corrected chi connectivity index (χ0v) is 14.6. The number of nitrogens with zero attached hydrogens (tertiary/aromatic N) is 4. The first-order chi connectivity index (χ1) is 12.6. The number of ether oxygens (including phenoxy) is 1. The molecule has 1 aromatic heterocycles. The third-order valence-corrected chi connectivity index (χ3v) is 5.32. The van der Waals surface area contributed by atoms with Gasteiger partial charge in [0.15, 0.2) is 11.6 Å². The van der Waals surface area contributed by atoms with Gasteiger partial charge in [-0.3, -0.25) is 9.69 Å². The van der Waals surface area contributed by atoms with Crippen LogP contribution in [0.15, 0.2) is 48.5 Å². The number of aromatic nitrogens is 3. The van der Waals surface area contributed by atoms with E-state index in [1.54, 1.807) is 7.11 Å². The van der Waals surface area contributed by atoms with Gasteiger partial charge in [-0.1, -0.05) is 24.3 Å². The van der Waals surface area contributed by atoms with Gasteiger partial charge in [-0.2, -0.15) is 0 Å². The molecule has 5 rings (SSSR count). The van der Waals surface area contributed by atoms with E-state index in [1.807, 2.05) is 58.1 Å². The Kier molecular flexibility index (Phi) is 3.01. The smallest absolute Gasteiger partial charge is 0.229 e. The Labute approximate surface area is 151 Å². The first-order valence-corrected chi connectivity index (χ1v) is 8.66. The Hall–Kier alpha value is -3.15. The van der Waals surface area contributed by atoms with Crippen molar-refractivity contribution in [1.82, 2.24) is 14.8 Å². The second-order valence-electron chi connectivity index (χ2n) is 6.87. The molecular formula is C20H18N4O2. The maximum Gasteiger partial charge on any atom is 0.229 e. The van der Waals surface area contributed by atoms with E-state index in [0.717, 1.165) is 28.4 Å². The third kappa shape index (κ3) is 1.89. The van der Waals surface area contributed by atoms with Gasteiger partial charge in [-0.25, -0.2) is 9.67 Å². The number of benzene rings is 2. The normalized spacial score (nSPS) is 20.5. The molecule has 1 atom stereocenters. The van der Waals surface area contributed by atoms with Crippen LogP contribution in [-0.4, -0.2) is 27.8 Å². The number of carbonyl (C=O) groups excluding carboxylic acids is 1. The fourth-order valence-corrected chi connectivity index (χ4v) is 3.99. The van der Waals surface area contributed by atoms with Crippen molar-refractivity contribution in [3.05, 3.63) is 48.5 Å². The van der Waals surface area contributed by atoms with Gasteiger partial charge in [-0.05, 0) is 31.2 Å². The minimum atomic E-state index is -0.523. The Bertz CT molecular complexity index is 1040. The number of fused-ring (bicyclic) bond motifs is 6. The second kappa shape index (κ2) is 5.17. The summed E-state index contributed by atoms with van der Waals surface area (Å²) < 4.78 is 7.23. The predicted molar refractivity (Wildman–Crippen MR) is 97.8 cm³/mol. The summed E-state index contributed by atoms with van der Waals surface area (Å²) in [5.41, 5.74) is 2.21. The summed E-state index contributed by atoms with van der Waals surface area (Å²) in [6.45, 7) is 2.06. The zero-order valence-electron chi connectivity index (χ0n) is 14.6. The minimum Gasteiger partial charge on any atom is -0.497 e. The van der Waals surface area contributed by atoms with Crippen molar-refractivity contribution >= 4 is 11.6 Å². The van der Waals surface area contributed by atoms with Crippen molar-refractivity contribution in [2.75, 3.05) is 12.0 Å². The Morgan fingerprint density at radius 2 is 2.00 bits per heavy atom. The van der Waals surface area contributed by atoms with Crippen molar-refractivity contribution in [3.8, 4) is 28.5 Å². The SMILES string of the molecule is COc1cccc(-c2nc3n(n2)[C@@]2(C)CCC(=O)N2c2ccccc2-3)c1. The molecule has 0 aliphatic carbocycles. The van der Waals surface area contributed by atoms with Crippen LogP contribution in [0.3, 0.4) is 0 Å². The lowest BCUT2D eigenvalue weighted by atomic mass is 10.0. The number of amides is 1. The molecule has 0 unspecified atom stereocenters. The topological polar surface area (TPSA) is 60.2 Å². The maximum absolute atomic E-state index is 12.6. The van der Waals surface area contributed by atoms with Gasteiger partial charge in [0.25, 0.3) is 0 Å². The number of hydrogen-bond donors (Lipinski definition) is 0. The molecule has 2 aliphatic heterocycles. The highest BCUT2D eigenvalue weighted by molar-refractivity contribution is 6.01. The molecule has 3 heterocycles. The number of anilines is 1. The van der Waals surface area contributed by atoms with Gasteiger partial charge in [0, 0.05) is 24.0 Å². The van der Waals surface area contributed by atoms with Crippen molar-refractivity contribution in [2.45, 2.75) is 25.4 Å². The molecule has 2 aromatic carbocycles. The molecule has 1 saturated heterocycles. The molecule has 0 bridgehead atoms. The fraction of sp³-hybridized carbons (Fsp3) is 0.250.